The number of ether oxygens (including phenoxy) is 1. The summed E-state index contributed by atoms with van der Waals surface area (Å²) in [6, 6.07) is 13.5. The maximum atomic E-state index is 6.24. The highest BCUT2D eigenvalue weighted by atomic mass is 35.5. The lowest BCUT2D eigenvalue weighted by Gasteiger charge is -2.14. The van der Waals surface area contributed by atoms with Gasteiger partial charge in [-0.2, -0.15) is 0 Å². The van der Waals surface area contributed by atoms with Crippen LogP contribution >= 0.6 is 11.6 Å². The second-order valence-corrected chi connectivity index (χ2v) is 4.67. The molecule has 0 saturated carbocycles. The molecule has 0 radical (unpaired) electrons. The average molecular weight is 262 g/mol. The Morgan fingerprint density at radius 1 is 1.11 bits per heavy atom. The predicted molar refractivity (Wildman–Crippen MR) is 75.2 cm³/mol. The fourth-order valence-corrected chi connectivity index (χ4v) is 2.02. The number of halogens is 1. The highest BCUT2D eigenvalue weighted by Gasteiger charge is 2.10. The van der Waals surface area contributed by atoms with Gasteiger partial charge in [0.15, 0.2) is 0 Å². The van der Waals surface area contributed by atoms with Crippen LogP contribution in [0.5, 0.6) is 5.75 Å². The molecular formula is C15H16ClNO. The molecule has 0 aliphatic carbocycles. The number of rotatable bonds is 3. The van der Waals surface area contributed by atoms with Crippen molar-refractivity contribution in [3.8, 4) is 5.75 Å². The van der Waals surface area contributed by atoms with Crippen molar-refractivity contribution in [1.29, 1.82) is 0 Å². The molecule has 0 aromatic heterocycles. The Hall–Kier alpha value is -1.51. The van der Waals surface area contributed by atoms with Crippen molar-refractivity contribution in [2.45, 2.75) is 13.0 Å². The Bertz CT molecular complexity index is 554. The van der Waals surface area contributed by atoms with E-state index in [1.54, 1.807) is 7.11 Å². The fourth-order valence-electron chi connectivity index (χ4n) is 1.83. The third kappa shape index (κ3) is 2.66. The number of hydrogen-bond donors (Lipinski definition) is 1. The van der Waals surface area contributed by atoms with Gasteiger partial charge in [0.05, 0.1) is 13.2 Å². The molecule has 0 aliphatic heterocycles. The zero-order valence-corrected chi connectivity index (χ0v) is 11.2. The second kappa shape index (κ2) is 5.42. The van der Waals surface area contributed by atoms with E-state index in [0.29, 0.717) is 0 Å². The number of benzene rings is 2. The summed E-state index contributed by atoms with van der Waals surface area (Å²) in [5, 5.41) is 0.742. The Morgan fingerprint density at radius 3 is 2.50 bits per heavy atom. The summed E-state index contributed by atoms with van der Waals surface area (Å²) in [7, 11) is 1.65. The monoisotopic (exact) mass is 261 g/mol. The fraction of sp³-hybridized carbons (Fsp3) is 0.200. The lowest BCUT2D eigenvalue weighted by atomic mass is 9.98. The van der Waals surface area contributed by atoms with Gasteiger partial charge in [-0.1, -0.05) is 35.9 Å². The Kier molecular flexibility index (Phi) is 3.90. The molecule has 3 heteroatoms. The first-order chi connectivity index (χ1) is 8.61. The van der Waals surface area contributed by atoms with Crippen LogP contribution in [0.15, 0.2) is 42.5 Å². The Morgan fingerprint density at radius 2 is 1.83 bits per heavy atom. The maximum Gasteiger partial charge on any atom is 0.119 e. The predicted octanol–water partition coefficient (Wildman–Crippen LogP) is 3.71. The molecule has 2 aromatic rings. The van der Waals surface area contributed by atoms with Gasteiger partial charge in [-0.25, -0.2) is 0 Å². The van der Waals surface area contributed by atoms with Crippen molar-refractivity contribution in [2.75, 3.05) is 7.11 Å². The number of nitrogens with two attached hydrogens (primary N) is 1. The van der Waals surface area contributed by atoms with Crippen LogP contribution in [-0.2, 0) is 0 Å². The second-order valence-electron chi connectivity index (χ2n) is 4.26. The molecule has 0 fully saturated rings. The molecule has 0 spiro atoms. The van der Waals surface area contributed by atoms with Crippen LogP contribution in [-0.4, -0.2) is 7.11 Å². The van der Waals surface area contributed by atoms with Crippen LogP contribution in [0.3, 0.4) is 0 Å². The largest absolute Gasteiger partial charge is 0.497 e. The molecule has 1 unspecified atom stereocenters. The normalized spacial score (nSPS) is 12.2. The van der Waals surface area contributed by atoms with E-state index in [-0.39, 0.29) is 6.04 Å². The van der Waals surface area contributed by atoms with Crippen molar-refractivity contribution >= 4 is 11.6 Å². The molecule has 2 nitrogen and oxygen atoms in total. The quantitative estimate of drug-likeness (QED) is 0.914. The maximum absolute atomic E-state index is 6.24. The van der Waals surface area contributed by atoms with Gasteiger partial charge in [0.1, 0.15) is 5.75 Å². The lowest BCUT2D eigenvalue weighted by molar-refractivity contribution is 0.414. The van der Waals surface area contributed by atoms with Gasteiger partial charge in [-0.3, -0.25) is 0 Å². The van der Waals surface area contributed by atoms with Crippen molar-refractivity contribution in [3.05, 3.63) is 64.2 Å². The van der Waals surface area contributed by atoms with Crippen molar-refractivity contribution in [2.24, 2.45) is 5.73 Å². The first kappa shape index (κ1) is 12.9. The van der Waals surface area contributed by atoms with Gasteiger partial charge in [0.2, 0.25) is 0 Å². The highest BCUT2D eigenvalue weighted by molar-refractivity contribution is 6.31. The summed E-state index contributed by atoms with van der Waals surface area (Å²) in [5.74, 6) is 0.807. The Labute approximate surface area is 112 Å². The summed E-state index contributed by atoms with van der Waals surface area (Å²) in [4.78, 5) is 0. The zero-order chi connectivity index (χ0) is 13.1. The molecule has 18 heavy (non-hydrogen) atoms. The van der Waals surface area contributed by atoms with Crippen LogP contribution in [0, 0.1) is 6.92 Å². The van der Waals surface area contributed by atoms with E-state index in [9.17, 15) is 0 Å². The minimum Gasteiger partial charge on any atom is -0.497 e. The van der Waals surface area contributed by atoms with Crippen molar-refractivity contribution in [3.63, 3.8) is 0 Å². The minimum absolute atomic E-state index is 0.196. The van der Waals surface area contributed by atoms with E-state index in [2.05, 4.69) is 0 Å². The minimum atomic E-state index is -0.196. The third-order valence-electron chi connectivity index (χ3n) is 3.01. The lowest BCUT2D eigenvalue weighted by Crippen LogP contribution is -2.11. The first-order valence-electron chi connectivity index (χ1n) is 5.77. The van der Waals surface area contributed by atoms with E-state index >= 15 is 0 Å². The Balaban J connectivity index is 2.34. The van der Waals surface area contributed by atoms with Crippen LogP contribution in [0.2, 0.25) is 5.02 Å². The van der Waals surface area contributed by atoms with Gasteiger partial charge < -0.3 is 10.5 Å². The van der Waals surface area contributed by atoms with Crippen LogP contribution in [0.25, 0.3) is 0 Å². The van der Waals surface area contributed by atoms with Crippen molar-refractivity contribution < 1.29 is 4.74 Å². The zero-order valence-electron chi connectivity index (χ0n) is 10.5. The van der Waals surface area contributed by atoms with E-state index in [0.717, 1.165) is 27.5 Å². The van der Waals surface area contributed by atoms with Crippen LogP contribution in [0.4, 0.5) is 0 Å². The van der Waals surface area contributed by atoms with E-state index in [1.165, 1.54) is 0 Å². The van der Waals surface area contributed by atoms with E-state index in [4.69, 9.17) is 22.1 Å². The molecule has 2 aromatic carbocycles. The number of aryl methyl sites for hydroxylation is 1. The smallest absolute Gasteiger partial charge is 0.119 e. The van der Waals surface area contributed by atoms with Gasteiger partial charge in [-0.05, 0) is 41.8 Å². The topological polar surface area (TPSA) is 35.2 Å². The summed E-state index contributed by atoms with van der Waals surface area (Å²) >= 11 is 6.12. The standard InChI is InChI=1S/C15H16ClNO/c1-10-6-7-12(9-14(10)16)15(17)11-4-3-5-13(8-11)18-2/h3-9,15H,17H2,1-2H3. The molecule has 0 heterocycles. The molecule has 0 saturated heterocycles. The molecule has 0 aliphatic rings. The molecule has 94 valence electrons. The molecular weight excluding hydrogens is 246 g/mol. The highest BCUT2D eigenvalue weighted by Crippen LogP contribution is 2.26. The molecule has 0 amide bonds. The van der Waals surface area contributed by atoms with Crippen LogP contribution in [0.1, 0.15) is 22.7 Å². The van der Waals surface area contributed by atoms with Gasteiger partial charge >= 0.3 is 0 Å². The third-order valence-corrected chi connectivity index (χ3v) is 3.42. The van der Waals surface area contributed by atoms with Gasteiger partial charge in [0, 0.05) is 5.02 Å². The number of hydrogen-bond acceptors (Lipinski definition) is 2. The molecule has 1 atom stereocenters. The molecule has 2 rings (SSSR count). The van der Waals surface area contributed by atoms with Gasteiger partial charge in [-0.15, -0.1) is 0 Å². The molecule has 0 bridgehead atoms. The first-order valence-corrected chi connectivity index (χ1v) is 6.15. The van der Waals surface area contributed by atoms with E-state index in [1.807, 2.05) is 49.4 Å². The number of methoxy groups -OCH3 is 1. The van der Waals surface area contributed by atoms with E-state index < -0.39 is 0 Å². The SMILES string of the molecule is COc1cccc(C(N)c2ccc(C)c(Cl)c2)c1. The van der Waals surface area contributed by atoms with Crippen LogP contribution < -0.4 is 10.5 Å². The van der Waals surface area contributed by atoms with Gasteiger partial charge in [0.25, 0.3) is 0 Å². The summed E-state index contributed by atoms with van der Waals surface area (Å²) in [6.45, 7) is 1.98. The van der Waals surface area contributed by atoms with Crippen molar-refractivity contribution in [1.82, 2.24) is 0 Å². The summed E-state index contributed by atoms with van der Waals surface area (Å²) in [6.07, 6.45) is 0. The summed E-state index contributed by atoms with van der Waals surface area (Å²) < 4.78 is 5.20. The molecule has 2 N–H and O–H groups in total. The average Bonchev–Trinajstić information content (AvgIpc) is 2.41. The summed E-state index contributed by atoms with van der Waals surface area (Å²) in [5.41, 5.74) is 9.31.